The van der Waals surface area contributed by atoms with Crippen LogP contribution in [0.5, 0.6) is 5.75 Å². The van der Waals surface area contributed by atoms with E-state index in [0.29, 0.717) is 5.75 Å². The van der Waals surface area contributed by atoms with E-state index in [1.54, 1.807) is 11.4 Å². The number of thiophene rings is 1. The van der Waals surface area contributed by atoms with Gasteiger partial charge in [-0.1, -0.05) is 12.1 Å². The number of ether oxygens (including phenoxy) is 2. The molecule has 2 heterocycles. The molecule has 2 aromatic rings. The number of nitrogens with one attached hydrogen (secondary N) is 2. The first-order valence-electron chi connectivity index (χ1n) is 7.89. The van der Waals surface area contributed by atoms with Crippen LogP contribution in [-0.4, -0.2) is 37.2 Å². The van der Waals surface area contributed by atoms with E-state index in [1.165, 1.54) is 16.7 Å². The van der Waals surface area contributed by atoms with Crippen LogP contribution in [0.25, 0.3) is 10.4 Å². The minimum atomic E-state index is -4.60. The van der Waals surface area contributed by atoms with Gasteiger partial charge >= 0.3 is 18.2 Å². The summed E-state index contributed by atoms with van der Waals surface area (Å²) in [4.78, 5) is 35.9. The van der Waals surface area contributed by atoms with Gasteiger partial charge in [0.1, 0.15) is 23.8 Å². The van der Waals surface area contributed by atoms with Crippen LogP contribution in [0.1, 0.15) is 15.2 Å². The van der Waals surface area contributed by atoms with E-state index in [1.807, 2.05) is 24.3 Å². The van der Waals surface area contributed by atoms with Crippen LogP contribution < -0.4 is 15.4 Å². The molecule has 28 heavy (non-hydrogen) atoms. The van der Waals surface area contributed by atoms with Crippen molar-refractivity contribution in [1.82, 2.24) is 10.6 Å². The highest BCUT2D eigenvalue weighted by molar-refractivity contribution is 7.17. The first kappa shape index (κ1) is 19.7. The van der Waals surface area contributed by atoms with Gasteiger partial charge in [-0.15, -0.1) is 11.3 Å². The molecule has 0 spiro atoms. The van der Waals surface area contributed by atoms with Crippen LogP contribution in [0.15, 0.2) is 30.3 Å². The summed E-state index contributed by atoms with van der Waals surface area (Å²) in [5.74, 6) is -1.15. The van der Waals surface area contributed by atoms with E-state index in [2.05, 4.69) is 0 Å². The zero-order valence-corrected chi connectivity index (χ0v) is 14.9. The lowest BCUT2D eigenvalue weighted by Gasteiger charge is -2.16. The predicted octanol–water partition coefficient (Wildman–Crippen LogP) is 2.85. The lowest BCUT2D eigenvalue weighted by Crippen LogP contribution is -2.44. The molecular formula is C17H13F3N2O5S. The molecule has 0 fully saturated rings. The van der Waals surface area contributed by atoms with Gasteiger partial charge in [0.25, 0.3) is 5.91 Å². The van der Waals surface area contributed by atoms with Crippen LogP contribution in [0, 0.1) is 0 Å². The molecule has 148 valence electrons. The molecule has 1 aromatic heterocycles. The van der Waals surface area contributed by atoms with Gasteiger partial charge in [0.2, 0.25) is 0 Å². The fourth-order valence-electron chi connectivity index (χ4n) is 2.39. The Morgan fingerprint density at radius 3 is 2.71 bits per heavy atom. The van der Waals surface area contributed by atoms with Crippen molar-refractivity contribution in [1.29, 1.82) is 0 Å². The zero-order chi connectivity index (χ0) is 20.3. The standard InChI is InChI=1S/C17H13F3N2O5S/c18-17(19,20)8-21-16(25)22-13(23)7-27-15(24)12-5-9-6-26-11-4-2-1-3-10(11)14(9)28-12/h1-5H,6-8H2,(H2,21,22,23,25). The zero-order valence-electron chi connectivity index (χ0n) is 14.1. The Bertz CT molecular complexity index is 926. The van der Waals surface area contributed by atoms with E-state index in [9.17, 15) is 27.6 Å². The number of benzene rings is 1. The lowest BCUT2D eigenvalue weighted by atomic mass is 10.1. The molecule has 0 unspecified atom stereocenters. The maximum absolute atomic E-state index is 12.1. The lowest BCUT2D eigenvalue weighted by molar-refractivity contribution is -0.125. The summed E-state index contributed by atoms with van der Waals surface area (Å²) in [6.45, 7) is -2.11. The summed E-state index contributed by atoms with van der Waals surface area (Å²) in [6.07, 6.45) is -4.60. The van der Waals surface area contributed by atoms with Crippen molar-refractivity contribution in [2.24, 2.45) is 0 Å². The van der Waals surface area contributed by atoms with Crippen LogP contribution in [0.3, 0.4) is 0 Å². The molecule has 1 aliphatic rings. The smallest absolute Gasteiger partial charge is 0.405 e. The van der Waals surface area contributed by atoms with Gasteiger partial charge in [-0.05, 0) is 18.2 Å². The fourth-order valence-corrected chi connectivity index (χ4v) is 3.48. The second kappa shape index (κ2) is 7.89. The molecule has 0 radical (unpaired) electrons. The molecule has 0 saturated heterocycles. The maximum atomic E-state index is 12.1. The molecule has 7 nitrogen and oxygen atoms in total. The van der Waals surface area contributed by atoms with Gasteiger partial charge in [0, 0.05) is 16.0 Å². The molecule has 3 amide bonds. The minimum absolute atomic E-state index is 0.236. The maximum Gasteiger partial charge on any atom is 0.405 e. The number of halogens is 3. The van der Waals surface area contributed by atoms with Crippen molar-refractivity contribution in [3.05, 3.63) is 40.8 Å². The average Bonchev–Trinajstić information content (AvgIpc) is 3.09. The van der Waals surface area contributed by atoms with Crippen molar-refractivity contribution in [3.63, 3.8) is 0 Å². The van der Waals surface area contributed by atoms with E-state index in [0.717, 1.165) is 16.0 Å². The van der Waals surface area contributed by atoms with Crippen molar-refractivity contribution < 1.29 is 37.0 Å². The fraction of sp³-hybridized carbons (Fsp3) is 0.235. The van der Waals surface area contributed by atoms with Gasteiger partial charge in [0.05, 0.1) is 0 Å². The SMILES string of the molecule is O=C(COC(=O)c1cc2c(s1)-c1ccccc1OC2)NC(=O)NCC(F)(F)F. The largest absolute Gasteiger partial charge is 0.488 e. The van der Waals surface area contributed by atoms with Gasteiger partial charge in [0.15, 0.2) is 6.61 Å². The third-order valence-electron chi connectivity index (χ3n) is 3.56. The van der Waals surface area contributed by atoms with Crippen LogP contribution in [0.2, 0.25) is 0 Å². The van der Waals surface area contributed by atoms with Gasteiger partial charge in [-0.3, -0.25) is 10.1 Å². The molecule has 0 bridgehead atoms. The molecule has 0 atom stereocenters. The molecular weight excluding hydrogens is 401 g/mol. The number of rotatable bonds is 4. The number of urea groups is 1. The van der Waals surface area contributed by atoms with E-state index in [-0.39, 0.29) is 11.5 Å². The van der Waals surface area contributed by atoms with Gasteiger partial charge < -0.3 is 14.8 Å². The first-order valence-corrected chi connectivity index (χ1v) is 8.71. The topological polar surface area (TPSA) is 93.7 Å². The van der Waals surface area contributed by atoms with Crippen LogP contribution in [0.4, 0.5) is 18.0 Å². The van der Waals surface area contributed by atoms with Crippen LogP contribution in [-0.2, 0) is 16.1 Å². The van der Waals surface area contributed by atoms with Crippen molar-refractivity contribution >= 4 is 29.2 Å². The number of fused-ring (bicyclic) bond motifs is 3. The Hall–Kier alpha value is -3.08. The highest BCUT2D eigenvalue weighted by atomic mass is 32.1. The molecule has 0 saturated carbocycles. The highest BCUT2D eigenvalue weighted by Gasteiger charge is 2.28. The minimum Gasteiger partial charge on any atom is -0.488 e. The molecule has 2 N–H and O–H groups in total. The van der Waals surface area contributed by atoms with E-state index < -0.39 is 37.2 Å². The third-order valence-corrected chi connectivity index (χ3v) is 4.75. The number of amides is 3. The summed E-state index contributed by atoms with van der Waals surface area (Å²) < 4.78 is 46.4. The number of hydrogen-bond acceptors (Lipinski definition) is 6. The molecule has 3 rings (SSSR count). The molecule has 1 aromatic carbocycles. The number of hydrogen-bond donors (Lipinski definition) is 2. The Morgan fingerprint density at radius 1 is 1.21 bits per heavy atom. The Balaban J connectivity index is 1.55. The summed E-state index contributed by atoms with van der Waals surface area (Å²) in [7, 11) is 0. The van der Waals surface area contributed by atoms with Crippen molar-refractivity contribution in [3.8, 4) is 16.2 Å². The summed E-state index contributed by atoms with van der Waals surface area (Å²) in [5, 5.41) is 3.11. The number of esters is 1. The molecule has 0 aliphatic carbocycles. The number of para-hydroxylation sites is 1. The Morgan fingerprint density at radius 2 is 1.96 bits per heavy atom. The van der Waals surface area contributed by atoms with Crippen molar-refractivity contribution in [2.75, 3.05) is 13.2 Å². The quantitative estimate of drug-likeness (QED) is 0.751. The van der Waals surface area contributed by atoms with Crippen LogP contribution >= 0.6 is 11.3 Å². The van der Waals surface area contributed by atoms with Crippen molar-refractivity contribution in [2.45, 2.75) is 12.8 Å². The Labute approximate surface area is 160 Å². The average molecular weight is 414 g/mol. The predicted molar refractivity (Wildman–Crippen MR) is 92.0 cm³/mol. The highest BCUT2D eigenvalue weighted by Crippen LogP contribution is 2.42. The number of imide groups is 1. The molecule has 1 aliphatic heterocycles. The Kier molecular flexibility index (Phi) is 5.54. The summed E-state index contributed by atoms with van der Waals surface area (Å²) in [6, 6.07) is 7.58. The van der Waals surface area contributed by atoms with E-state index in [4.69, 9.17) is 9.47 Å². The number of alkyl halides is 3. The first-order chi connectivity index (χ1) is 13.2. The summed E-state index contributed by atoms with van der Waals surface area (Å²) >= 11 is 1.17. The summed E-state index contributed by atoms with van der Waals surface area (Å²) in [5.41, 5.74) is 1.64. The molecule has 11 heteroatoms. The normalized spacial score (nSPS) is 12.2. The monoisotopic (exact) mass is 414 g/mol. The van der Waals surface area contributed by atoms with Gasteiger partial charge in [-0.25, -0.2) is 9.59 Å². The number of carbonyl (C=O) groups is 3. The second-order valence-electron chi connectivity index (χ2n) is 5.67. The second-order valence-corrected chi connectivity index (χ2v) is 6.72. The van der Waals surface area contributed by atoms with E-state index >= 15 is 0 Å². The number of carbonyl (C=O) groups excluding carboxylic acids is 3. The third kappa shape index (κ3) is 4.80. The van der Waals surface area contributed by atoms with Gasteiger partial charge in [-0.2, -0.15) is 13.2 Å².